The van der Waals surface area contributed by atoms with Crippen LogP contribution < -0.4 is 29.6 Å². The third kappa shape index (κ3) is 14.0. The Morgan fingerprint density at radius 2 is 1.09 bits per heavy atom. The maximum absolute atomic E-state index is 9.94. The summed E-state index contributed by atoms with van der Waals surface area (Å²) in [6.45, 7) is 0. The Balaban J connectivity index is -0.000000405. The summed E-state index contributed by atoms with van der Waals surface area (Å²) in [4.78, 5) is 32.2. The molecule has 62 valence electrons. The second kappa shape index (κ2) is 4.92. The first kappa shape index (κ1) is 14.6. The van der Waals surface area contributed by atoms with E-state index in [0.717, 1.165) is 0 Å². The molecule has 0 aliphatic rings. The van der Waals surface area contributed by atoms with Crippen LogP contribution in [0.2, 0.25) is 0 Å². The molecule has 0 unspecified atom stereocenters. The minimum absolute atomic E-state index is 0. The van der Waals surface area contributed by atoms with E-state index in [1.807, 2.05) is 0 Å². The normalized spacial score (nSPS) is 13.1. The summed E-state index contributed by atoms with van der Waals surface area (Å²) >= 11 is 0. The molecular weight excluding hydrogens is 205 g/mol. The van der Waals surface area contributed by atoms with Crippen LogP contribution in [0, 0.1) is 0 Å². The second-order valence-electron chi connectivity index (χ2n) is 1.48. The van der Waals surface area contributed by atoms with Gasteiger partial charge in [-0.25, -0.2) is 0 Å². The molecule has 0 spiro atoms. The summed E-state index contributed by atoms with van der Waals surface area (Å²) < 4.78 is 19.9. The van der Waals surface area contributed by atoms with Crippen LogP contribution in [0.1, 0.15) is 1.43 Å². The van der Waals surface area contributed by atoms with Crippen LogP contribution in [0.15, 0.2) is 11.6 Å². The van der Waals surface area contributed by atoms with Crippen molar-refractivity contribution in [2.45, 2.75) is 0 Å². The minimum Gasteiger partial charge on any atom is -1.00 e. The van der Waals surface area contributed by atoms with Crippen molar-refractivity contribution in [3.05, 3.63) is 11.6 Å². The fourth-order valence-electron chi connectivity index (χ4n) is 0.174. The fourth-order valence-corrected chi connectivity index (χ4v) is 1.56. The first-order valence-electron chi connectivity index (χ1n) is 2.01. The van der Waals surface area contributed by atoms with Crippen molar-refractivity contribution in [2.24, 2.45) is 0 Å². The van der Waals surface area contributed by atoms with Crippen LogP contribution in [0.3, 0.4) is 0 Å². The maximum Gasteiger partial charge on any atom is 1.00 e. The zero-order valence-electron chi connectivity index (χ0n) is 6.65. The topological polar surface area (TPSA) is 115 Å². The van der Waals surface area contributed by atoms with Crippen LogP contribution >= 0.6 is 15.2 Å². The van der Waals surface area contributed by atoms with Crippen LogP contribution in [-0.4, -0.2) is 19.6 Å². The summed E-state index contributed by atoms with van der Waals surface area (Å²) in [5.74, 6) is 0.349. The van der Waals surface area contributed by atoms with Crippen molar-refractivity contribution >= 4 is 15.2 Å². The van der Waals surface area contributed by atoms with E-state index in [2.05, 4.69) is 0 Å². The Morgan fingerprint density at radius 1 is 0.909 bits per heavy atom. The van der Waals surface area contributed by atoms with Crippen molar-refractivity contribution in [3.8, 4) is 0 Å². The molecule has 0 saturated carbocycles. The molecule has 0 aliphatic carbocycles. The summed E-state index contributed by atoms with van der Waals surface area (Å²) in [5.41, 5.74) is 0. The van der Waals surface area contributed by atoms with E-state index in [9.17, 15) is 9.13 Å². The molecule has 0 rings (SSSR count). The summed E-state index contributed by atoms with van der Waals surface area (Å²) in [7, 11) is -8.87. The third-order valence-corrected chi connectivity index (χ3v) is 1.77. The van der Waals surface area contributed by atoms with Crippen molar-refractivity contribution in [1.82, 2.24) is 0 Å². The monoisotopic (exact) mass is 212 g/mol. The van der Waals surface area contributed by atoms with E-state index in [-0.39, 0.29) is 42.6 Å². The Morgan fingerprint density at radius 3 is 1.18 bits per heavy atom. The zero-order valence-corrected chi connectivity index (χ0v) is 9.44. The van der Waals surface area contributed by atoms with Gasteiger partial charge in [-0.15, -0.1) is 0 Å². The molecule has 0 fully saturated rings. The van der Waals surface area contributed by atoms with Gasteiger partial charge < -0.3 is 21.0 Å². The van der Waals surface area contributed by atoms with Gasteiger partial charge >= 0.3 is 44.7 Å². The van der Waals surface area contributed by atoms with Crippen LogP contribution in [0.4, 0.5) is 0 Å². The molecule has 11 heavy (non-hydrogen) atoms. The van der Waals surface area contributed by atoms with Gasteiger partial charge in [-0.3, -0.25) is 9.13 Å². The van der Waals surface area contributed by atoms with Crippen molar-refractivity contribution in [3.63, 3.8) is 0 Å². The smallest absolute Gasteiger partial charge is 1.00 e. The molecule has 4 N–H and O–H groups in total. The first-order chi connectivity index (χ1) is 4.21. The Labute approximate surface area is 86.4 Å². The second-order valence-corrected chi connectivity index (χ2v) is 4.43. The number of hydrogen-bond acceptors (Lipinski definition) is 2. The number of rotatable bonds is 2. The summed E-state index contributed by atoms with van der Waals surface area (Å²) in [6.07, 6.45) is 0. The maximum atomic E-state index is 9.94. The minimum atomic E-state index is -4.43. The molecular formula is C2H7NaO6P2. The van der Waals surface area contributed by atoms with Gasteiger partial charge in [0.1, 0.15) is 0 Å². The van der Waals surface area contributed by atoms with Gasteiger partial charge in [-0.1, -0.05) is 0 Å². The average Bonchev–Trinajstić information content (AvgIpc) is 1.57. The van der Waals surface area contributed by atoms with Crippen molar-refractivity contribution < 1.29 is 59.7 Å². The van der Waals surface area contributed by atoms with E-state index >= 15 is 0 Å². The molecule has 0 aromatic heterocycles. The Hall–Kier alpha value is 1.04. The first-order valence-corrected chi connectivity index (χ1v) is 5.38. The van der Waals surface area contributed by atoms with Gasteiger partial charge in [0.2, 0.25) is 0 Å². The average molecular weight is 212 g/mol. The molecule has 0 aliphatic heterocycles. The van der Waals surface area contributed by atoms with Crippen molar-refractivity contribution in [2.75, 3.05) is 0 Å². The summed E-state index contributed by atoms with van der Waals surface area (Å²) in [5, 5.41) is 0. The van der Waals surface area contributed by atoms with Crippen molar-refractivity contribution in [1.29, 1.82) is 0 Å². The van der Waals surface area contributed by atoms with E-state index < -0.39 is 15.2 Å². The van der Waals surface area contributed by atoms with E-state index in [0.29, 0.717) is 0 Å². The van der Waals surface area contributed by atoms with Gasteiger partial charge in [0.25, 0.3) is 0 Å². The molecule has 0 radical (unpaired) electrons. The van der Waals surface area contributed by atoms with E-state index in [1.54, 1.807) is 0 Å². The van der Waals surface area contributed by atoms with Crippen LogP contribution in [0.5, 0.6) is 0 Å². The predicted molar refractivity (Wildman–Crippen MR) is 34.3 cm³/mol. The quantitative estimate of drug-likeness (QED) is 0.285. The van der Waals surface area contributed by atoms with Gasteiger partial charge in [0.05, 0.1) is 0 Å². The molecule has 0 atom stereocenters. The van der Waals surface area contributed by atoms with E-state index in [1.165, 1.54) is 0 Å². The third-order valence-electron chi connectivity index (χ3n) is 0.455. The fraction of sp³-hybridized carbons (Fsp3) is 0. The van der Waals surface area contributed by atoms with Crippen LogP contribution in [-0.2, 0) is 9.13 Å². The molecule has 0 heterocycles. The Bertz CT molecular complexity index is 204. The Kier molecular flexibility index (Phi) is 6.51. The van der Waals surface area contributed by atoms with Gasteiger partial charge in [-0.2, -0.15) is 0 Å². The van der Waals surface area contributed by atoms with Gasteiger partial charge in [-0.05, 0) is 0 Å². The predicted octanol–water partition coefficient (Wildman–Crippen LogP) is -3.07. The van der Waals surface area contributed by atoms with Crippen LogP contribution in [0.25, 0.3) is 0 Å². The zero-order chi connectivity index (χ0) is 8.41. The molecule has 0 aromatic rings. The summed E-state index contributed by atoms with van der Waals surface area (Å²) in [6, 6.07) is 0. The molecule has 6 nitrogen and oxygen atoms in total. The van der Waals surface area contributed by atoms with Gasteiger partial charge in [0.15, 0.2) is 0 Å². The molecule has 0 saturated heterocycles. The number of hydrogen-bond donors (Lipinski definition) is 4. The van der Waals surface area contributed by atoms with Gasteiger partial charge in [0, 0.05) is 11.6 Å². The standard InChI is InChI=1S/C2H6O6P2.Na.H/c3-9(4,5)1-2-10(6,7)8;;/h1-2H,(H2,3,4,5)(H2,6,7,8);;/q;+1;-1. The molecule has 0 aromatic carbocycles. The molecule has 0 amide bonds. The largest absolute Gasteiger partial charge is 1.00 e. The molecule has 9 heteroatoms. The van der Waals surface area contributed by atoms with E-state index in [4.69, 9.17) is 19.6 Å². The molecule has 0 bridgehead atoms. The SMILES string of the molecule is O=P(O)(O)C=CP(=O)(O)O.[H-].[Na+].